The van der Waals surface area contributed by atoms with Gasteiger partial charge in [-0.2, -0.15) is 0 Å². The molecule has 0 aromatic heterocycles. The number of rotatable bonds is 7. The van der Waals surface area contributed by atoms with Gasteiger partial charge in [0.15, 0.2) is 0 Å². The molecule has 1 fully saturated rings. The van der Waals surface area contributed by atoms with Gasteiger partial charge >= 0.3 is 0 Å². The highest BCUT2D eigenvalue weighted by Crippen LogP contribution is 2.38. The molecule has 0 aliphatic heterocycles. The molecule has 1 saturated carbocycles. The Morgan fingerprint density at radius 3 is 1.83 bits per heavy atom. The summed E-state index contributed by atoms with van der Waals surface area (Å²) >= 11 is 0. The van der Waals surface area contributed by atoms with Gasteiger partial charge in [0.2, 0.25) is 0 Å². The second kappa shape index (κ2) is 9.53. The van der Waals surface area contributed by atoms with Crippen LogP contribution in [0.3, 0.4) is 0 Å². The molecule has 1 aliphatic rings. The summed E-state index contributed by atoms with van der Waals surface area (Å²) in [4.78, 5) is 2.17. The SMILES string of the molecule is CN(C)c1ccc(CCC2CCC(CCc3ccc4ccc5cccc6ccc3c4c56)CC2)cc1. The van der Waals surface area contributed by atoms with Crippen LogP contribution in [-0.2, 0) is 12.8 Å². The minimum Gasteiger partial charge on any atom is -0.378 e. The van der Waals surface area contributed by atoms with Gasteiger partial charge in [0, 0.05) is 19.8 Å². The summed E-state index contributed by atoms with van der Waals surface area (Å²) in [6.45, 7) is 0. The predicted octanol–water partition coefficient (Wildman–Crippen LogP) is 9.02. The third kappa shape index (κ3) is 4.49. The maximum absolute atomic E-state index is 2.40. The van der Waals surface area contributed by atoms with Crippen LogP contribution in [0, 0.1) is 11.8 Å². The minimum atomic E-state index is 0.893. The van der Waals surface area contributed by atoms with Crippen LogP contribution in [0.25, 0.3) is 32.3 Å². The third-order valence-corrected chi connectivity index (χ3v) is 8.70. The molecule has 6 rings (SSSR count). The van der Waals surface area contributed by atoms with Crippen LogP contribution in [0.15, 0.2) is 78.9 Å². The van der Waals surface area contributed by atoms with E-state index in [1.807, 2.05) is 0 Å². The molecule has 178 valence electrons. The molecular formula is C34H37N. The van der Waals surface area contributed by atoms with Crippen molar-refractivity contribution in [2.45, 2.75) is 51.4 Å². The van der Waals surface area contributed by atoms with Gasteiger partial charge in [0.05, 0.1) is 0 Å². The Labute approximate surface area is 210 Å². The first kappa shape index (κ1) is 22.4. The van der Waals surface area contributed by atoms with Crippen molar-refractivity contribution < 1.29 is 0 Å². The molecule has 35 heavy (non-hydrogen) atoms. The van der Waals surface area contributed by atoms with Gasteiger partial charge in [-0.05, 0) is 93.1 Å². The highest BCUT2D eigenvalue weighted by molar-refractivity contribution is 6.23. The number of aryl methyl sites for hydroxylation is 2. The highest BCUT2D eigenvalue weighted by atomic mass is 15.1. The van der Waals surface area contributed by atoms with E-state index in [0.29, 0.717) is 0 Å². The van der Waals surface area contributed by atoms with Gasteiger partial charge in [-0.25, -0.2) is 0 Å². The lowest BCUT2D eigenvalue weighted by molar-refractivity contribution is 0.253. The minimum absolute atomic E-state index is 0.893. The van der Waals surface area contributed by atoms with E-state index in [2.05, 4.69) is 97.9 Å². The van der Waals surface area contributed by atoms with Gasteiger partial charge in [0.1, 0.15) is 0 Å². The highest BCUT2D eigenvalue weighted by Gasteiger charge is 2.21. The first-order valence-corrected chi connectivity index (χ1v) is 13.6. The van der Waals surface area contributed by atoms with Gasteiger partial charge < -0.3 is 4.90 Å². The maximum Gasteiger partial charge on any atom is 0.0361 e. The summed E-state index contributed by atoms with van der Waals surface area (Å²) in [5.41, 5.74) is 4.32. The molecule has 1 heteroatoms. The monoisotopic (exact) mass is 459 g/mol. The van der Waals surface area contributed by atoms with Crippen molar-refractivity contribution >= 4 is 38.0 Å². The molecule has 0 heterocycles. The Balaban J connectivity index is 1.07. The smallest absolute Gasteiger partial charge is 0.0361 e. The maximum atomic E-state index is 2.40. The lowest BCUT2D eigenvalue weighted by Gasteiger charge is -2.29. The van der Waals surface area contributed by atoms with Crippen LogP contribution in [0.4, 0.5) is 5.69 Å². The van der Waals surface area contributed by atoms with E-state index in [1.54, 1.807) is 5.56 Å². The first-order valence-electron chi connectivity index (χ1n) is 13.6. The summed E-state index contributed by atoms with van der Waals surface area (Å²) in [6, 6.07) is 29.9. The zero-order chi connectivity index (χ0) is 23.8. The van der Waals surface area contributed by atoms with Crippen LogP contribution in [-0.4, -0.2) is 14.1 Å². The topological polar surface area (TPSA) is 3.24 Å². The van der Waals surface area contributed by atoms with Gasteiger partial charge in [-0.3, -0.25) is 0 Å². The molecule has 0 radical (unpaired) electrons. The summed E-state index contributed by atoms with van der Waals surface area (Å²) in [6.07, 6.45) is 10.8. The molecule has 0 amide bonds. The Morgan fingerprint density at radius 1 is 0.600 bits per heavy atom. The van der Waals surface area contributed by atoms with Crippen molar-refractivity contribution in [3.63, 3.8) is 0 Å². The van der Waals surface area contributed by atoms with Crippen molar-refractivity contribution in [1.82, 2.24) is 0 Å². The zero-order valence-corrected chi connectivity index (χ0v) is 21.3. The molecule has 1 aliphatic carbocycles. The Morgan fingerprint density at radius 2 is 1.17 bits per heavy atom. The summed E-state index contributed by atoms with van der Waals surface area (Å²) in [5, 5.41) is 8.50. The van der Waals surface area contributed by atoms with Crippen LogP contribution >= 0.6 is 0 Å². The van der Waals surface area contributed by atoms with Crippen LogP contribution in [0.2, 0.25) is 0 Å². The van der Waals surface area contributed by atoms with E-state index >= 15 is 0 Å². The molecule has 0 atom stereocenters. The number of hydrogen-bond acceptors (Lipinski definition) is 1. The Bertz CT molecular complexity index is 1400. The molecule has 0 saturated heterocycles. The molecule has 0 unspecified atom stereocenters. The number of hydrogen-bond donors (Lipinski definition) is 0. The van der Waals surface area contributed by atoms with Crippen LogP contribution < -0.4 is 4.90 Å². The second-order valence-corrected chi connectivity index (χ2v) is 11.1. The van der Waals surface area contributed by atoms with E-state index in [1.165, 1.54) is 94.9 Å². The molecular weight excluding hydrogens is 422 g/mol. The van der Waals surface area contributed by atoms with Crippen molar-refractivity contribution in [3.8, 4) is 0 Å². The molecule has 5 aromatic rings. The Kier molecular flexibility index (Phi) is 6.10. The van der Waals surface area contributed by atoms with E-state index in [9.17, 15) is 0 Å². The fraction of sp³-hybridized carbons (Fsp3) is 0.353. The fourth-order valence-corrected chi connectivity index (χ4v) is 6.51. The summed E-state index contributed by atoms with van der Waals surface area (Å²) in [7, 11) is 4.22. The standard InChI is InChI=1S/C34H37N/c1-35(2)31-21-13-26(14-22-31)11-8-24-6-9-25(10-7-24)12-15-27-16-17-30-19-18-28-4-3-5-29-20-23-32(27)34(30)33(28)29/h3-5,13-14,16-25H,6-12,15H2,1-2H3. The van der Waals surface area contributed by atoms with E-state index < -0.39 is 0 Å². The van der Waals surface area contributed by atoms with Crippen molar-refractivity contribution in [3.05, 3.63) is 90.0 Å². The second-order valence-electron chi connectivity index (χ2n) is 11.1. The van der Waals surface area contributed by atoms with E-state index in [-0.39, 0.29) is 0 Å². The molecule has 0 bridgehead atoms. The summed E-state index contributed by atoms with van der Waals surface area (Å²) in [5.74, 6) is 1.80. The quantitative estimate of drug-likeness (QED) is 0.219. The fourth-order valence-electron chi connectivity index (χ4n) is 6.51. The average molecular weight is 460 g/mol. The molecule has 0 N–H and O–H groups in total. The van der Waals surface area contributed by atoms with Crippen molar-refractivity contribution in [2.24, 2.45) is 11.8 Å². The van der Waals surface area contributed by atoms with Crippen molar-refractivity contribution in [2.75, 3.05) is 19.0 Å². The zero-order valence-electron chi connectivity index (χ0n) is 21.3. The Hall–Kier alpha value is -3.06. The average Bonchev–Trinajstić information content (AvgIpc) is 2.90. The molecule has 0 spiro atoms. The van der Waals surface area contributed by atoms with Gasteiger partial charge in [-0.15, -0.1) is 0 Å². The van der Waals surface area contributed by atoms with Gasteiger partial charge in [0.25, 0.3) is 0 Å². The first-order chi connectivity index (χ1) is 17.2. The van der Waals surface area contributed by atoms with Crippen LogP contribution in [0.1, 0.15) is 49.7 Å². The van der Waals surface area contributed by atoms with Crippen LogP contribution in [0.5, 0.6) is 0 Å². The third-order valence-electron chi connectivity index (χ3n) is 8.70. The number of benzene rings is 5. The lowest BCUT2D eigenvalue weighted by atomic mass is 9.77. The van der Waals surface area contributed by atoms with E-state index in [4.69, 9.17) is 0 Å². The molecule has 1 nitrogen and oxygen atoms in total. The lowest BCUT2D eigenvalue weighted by Crippen LogP contribution is -2.16. The summed E-state index contributed by atoms with van der Waals surface area (Å²) < 4.78 is 0. The largest absolute Gasteiger partial charge is 0.378 e. The number of anilines is 1. The number of nitrogens with zero attached hydrogens (tertiary/aromatic N) is 1. The van der Waals surface area contributed by atoms with Crippen molar-refractivity contribution in [1.29, 1.82) is 0 Å². The normalized spacial score (nSPS) is 18.6. The van der Waals surface area contributed by atoms with E-state index in [0.717, 1.165) is 11.8 Å². The predicted molar refractivity (Wildman–Crippen MR) is 153 cm³/mol. The molecule has 5 aromatic carbocycles. The van der Waals surface area contributed by atoms with Gasteiger partial charge in [-0.1, -0.05) is 92.4 Å².